The molecule has 13 heavy (non-hydrogen) atoms. The van der Waals surface area contributed by atoms with E-state index in [1.165, 1.54) is 0 Å². The summed E-state index contributed by atoms with van der Waals surface area (Å²) in [5.41, 5.74) is 0. The lowest BCUT2D eigenvalue weighted by molar-refractivity contribution is -0.123. The van der Waals surface area contributed by atoms with Crippen molar-refractivity contribution in [2.24, 2.45) is 5.92 Å². The first-order valence-electron chi connectivity index (χ1n) is 5.06. The van der Waals surface area contributed by atoms with Gasteiger partial charge >= 0.3 is 0 Å². The van der Waals surface area contributed by atoms with Gasteiger partial charge in [-0.15, -0.1) is 0 Å². The van der Waals surface area contributed by atoms with Crippen LogP contribution in [-0.2, 0) is 4.79 Å². The summed E-state index contributed by atoms with van der Waals surface area (Å²) >= 11 is 0. The Bertz CT molecular complexity index is 142. The van der Waals surface area contributed by atoms with E-state index in [2.05, 4.69) is 24.5 Å². The molecule has 0 saturated carbocycles. The first-order valence-corrected chi connectivity index (χ1v) is 5.06. The number of amides is 1. The summed E-state index contributed by atoms with van der Waals surface area (Å²) in [6.07, 6.45) is 1.88. The maximum absolute atomic E-state index is 11.4. The smallest absolute Gasteiger partial charge is 0.237 e. The Kier molecular flexibility index (Phi) is 6.59. The van der Waals surface area contributed by atoms with Gasteiger partial charge in [-0.2, -0.15) is 0 Å². The van der Waals surface area contributed by atoms with Crippen molar-refractivity contribution in [3.63, 3.8) is 0 Å². The molecule has 0 aliphatic rings. The van der Waals surface area contributed by atoms with Crippen LogP contribution in [0.3, 0.4) is 0 Å². The minimum Gasteiger partial charge on any atom is -0.355 e. The molecule has 0 spiro atoms. The van der Waals surface area contributed by atoms with Crippen LogP contribution in [0.1, 0.15) is 33.6 Å². The van der Waals surface area contributed by atoms with Gasteiger partial charge in [-0.3, -0.25) is 4.79 Å². The fraction of sp³-hybridized carbons (Fsp3) is 0.900. The number of carbonyl (C=O) groups excluding carboxylic acids is 1. The van der Waals surface area contributed by atoms with Crippen LogP contribution < -0.4 is 10.6 Å². The van der Waals surface area contributed by atoms with Gasteiger partial charge in [0, 0.05) is 6.54 Å². The molecule has 0 saturated heterocycles. The standard InChI is InChI=1S/C10H22N2O/c1-5-9(11-4)10(13)12-7-6-8(2)3/h8-9,11H,5-7H2,1-4H3,(H,12,13). The molecule has 0 heterocycles. The third kappa shape index (κ3) is 5.64. The zero-order chi connectivity index (χ0) is 10.3. The van der Waals surface area contributed by atoms with Crippen molar-refractivity contribution in [3.8, 4) is 0 Å². The highest BCUT2D eigenvalue weighted by molar-refractivity contribution is 5.81. The number of nitrogens with one attached hydrogen (secondary N) is 2. The third-order valence-electron chi connectivity index (χ3n) is 2.09. The summed E-state index contributed by atoms with van der Waals surface area (Å²) in [7, 11) is 1.82. The average Bonchev–Trinajstić information content (AvgIpc) is 2.05. The van der Waals surface area contributed by atoms with Gasteiger partial charge in [0.05, 0.1) is 6.04 Å². The van der Waals surface area contributed by atoms with Crippen LogP contribution >= 0.6 is 0 Å². The molecule has 0 aromatic rings. The number of hydrogen-bond donors (Lipinski definition) is 2. The van der Waals surface area contributed by atoms with Gasteiger partial charge in [0.1, 0.15) is 0 Å². The van der Waals surface area contributed by atoms with Crippen LogP contribution in [0.15, 0.2) is 0 Å². The van der Waals surface area contributed by atoms with E-state index in [0.717, 1.165) is 19.4 Å². The largest absolute Gasteiger partial charge is 0.355 e. The topological polar surface area (TPSA) is 41.1 Å². The third-order valence-corrected chi connectivity index (χ3v) is 2.09. The Hall–Kier alpha value is -0.570. The van der Waals surface area contributed by atoms with E-state index in [-0.39, 0.29) is 11.9 Å². The van der Waals surface area contributed by atoms with Gasteiger partial charge in [-0.05, 0) is 25.8 Å². The highest BCUT2D eigenvalue weighted by Crippen LogP contribution is 1.97. The quantitative estimate of drug-likeness (QED) is 0.653. The zero-order valence-corrected chi connectivity index (χ0v) is 9.18. The Morgan fingerprint density at radius 2 is 2.00 bits per heavy atom. The average molecular weight is 186 g/mol. The second kappa shape index (κ2) is 6.89. The van der Waals surface area contributed by atoms with E-state index in [1.807, 2.05) is 14.0 Å². The van der Waals surface area contributed by atoms with Crippen molar-refractivity contribution < 1.29 is 4.79 Å². The molecule has 2 N–H and O–H groups in total. The Morgan fingerprint density at radius 1 is 1.38 bits per heavy atom. The highest BCUT2D eigenvalue weighted by Gasteiger charge is 2.12. The fourth-order valence-electron chi connectivity index (χ4n) is 1.13. The lowest BCUT2D eigenvalue weighted by atomic mass is 10.1. The summed E-state index contributed by atoms with van der Waals surface area (Å²) in [5, 5.41) is 5.89. The molecule has 0 aliphatic carbocycles. The molecule has 0 rings (SSSR count). The number of carbonyl (C=O) groups is 1. The van der Waals surface area contributed by atoms with E-state index in [1.54, 1.807) is 0 Å². The predicted octanol–water partition coefficient (Wildman–Crippen LogP) is 1.15. The first kappa shape index (κ1) is 12.4. The SMILES string of the molecule is CCC(NC)C(=O)NCCC(C)C. The second-order valence-electron chi connectivity index (χ2n) is 3.72. The summed E-state index contributed by atoms with van der Waals surface area (Å²) in [5.74, 6) is 0.764. The molecule has 0 aliphatic heterocycles. The molecule has 0 radical (unpaired) electrons. The molecule has 1 unspecified atom stereocenters. The molecule has 3 nitrogen and oxygen atoms in total. The summed E-state index contributed by atoms with van der Waals surface area (Å²) in [6, 6.07) is -0.0350. The van der Waals surface area contributed by atoms with Crippen molar-refractivity contribution in [1.82, 2.24) is 10.6 Å². The lowest BCUT2D eigenvalue weighted by Gasteiger charge is -2.14. The molecule has 0 aromatic heterocycles. The summed E-state index contributed by atoms with van der Waals surface area (Å²) in [4.78, 5) is 11.4. The molecule has 3 heteroatoms. The predicted molar refractivity (Wildman–Crippen MR) is 55.6 cm³/mol. The molecular formula is C10H22N2O. The monoisotopic (exact) mass is 186 g/mol. The maximum Gasteiger partial charge on any atom is 0.237 e. The van der Waals surface area contributed by atoms with Crippen LogP contribution in [-0.4, -0.2) is 25.5 Å². The van der Waals surface area contributed by atoms with Gasteiger partial charge in [0.15, 0.2) is 0 Å². The van der Waals surface area contributed by atoms with Crippen molar-refractivity contribution >= 4 is 5.91 Å². The van der Waals surface area contributed by atoms with Gasteiger partial charge in [0.2, 0.25) is 5.91 Å². The van der Waals surface area contributed by atoms with Gasteiger partial charge in [-0.1, -0.05) is 20.8 Å². The summed E-state index contributed by atoms with van der Waals surface area (Å²) in [6.45, 7) is 7.10. The van der Waals surface area contributed by atoms with Crippen LogP contribution in [0, 0.1) is 5.92 Å². The Balaban J connectivity index is 3.60. The number of likely N-dealkylation sites (N-methyl/N-ethyl adjacent to an activating group) is 1. The van der Waals surface area contributed by atoms with Crippen molar-refractivity contribution in [2.75, 3.05) is 13.6 Å². The number of hydrogen-bond acceptors (Lipinski definition) is 2. The molecule has 0 aromatic carbocycles. The molecular weight excluding hydrogens is 164 g/mol. The van der Waals surface area contributed by atoms with E-state index in [9.17, 15) is 4.79 Å². The molecule has 0 fully saturated rings. The van der Waals surface area contributed by atoms with Crippen LogP contribution in [0.4, 0.5) is 0 Å². The van der Waals surface area contributed by atoms with Crippen molar-refractivity contribution in [1.29, 1.82) is 0 Å². The van der Waals surface area contributed by atoms with Crippen LogP contribution in [0.5, 0.6) is 0 Å². The zero-order valence-electron chi connectivity index (χ0n) is 9.18. The van der Waals surface area contributed by atoms with Gasteiger partial charge < -0.3 is 10.6 Å². The van der Waals surface area contributed by atoms with Gasteiger partial charge in [-0.25, -0.2) is 0 Å². The van der Waals surface area contributed by atoms with Gasteiger partial charge in [0.25, 0.3) is 0 Å². The van der Waals surface area contributed by atoms with E-state index in [4.69, 9.17) is 0 Å². The van der Waals surface area contributed by atoms with E-state index >= 15 is 0 Å². The fourth-order valence-corrected chi connectivity index (χ4v) is 1.13. The van der Waals surface area contributed by atoms with Crippen molar-refractivity contribution in [3.05, 3.63) is 0 Å². The molecule has 1 atom stereocenters. The normalized spacial score (nSPS) is 13.0. The van der Waals surface area contributed by atoms with Crippen LogP contribution in [0.2, 0.25) is 0 Å². The second-order valence-corrected chi connectivity index (χ2v) is 3.72. The molecule has 78 valence electrons. The molecule has 1 amide bonds. The lowest BCUT2D eigenvalue weighted by Crippen LogP contribution is -2.42. The van der Waals surface area contributed by atoms with Crippen LogP contribution in [0.25, 0.3) is 0 Å². The highest BCUT2D eigenvalue weighted by atomic mass is 16.2. The maximum atomic E-state index is 11.4. The minimum atomic E-state index is -0.0350. The minimum absolute atomic E-state index is 0.0350. The van der Waals surface area contributed by atoms with E-state index < -0.39 is 0 Å². The Labute approximate surface area is 81.3 Å². The Morgan fingerprint density at radius 3 is 2.38 bits per heavy atom. The number of rotatable bonds is 6. The first-order chi connectivity index (χ1) is 6.11. The molecule has 0 bridgehead atoms. The van der Waals surface area contributed by atoms with E-state index in [0.29, 0.717) is 5.92 Å². The van der Waals surface area contributed by atoms with Crippen molar-refractivity contribution in [2.45, 2.75) is 39.7 Å². The summed E-state index contributed by atoms with van der Waals surface area (Å²) < 4.78 is 0.